The first-order chi connectivity index (χ1) is 10.0. The Kier molecular flexibility index (Phi) is 3.25. The highest BCUT2D eigenvalue weighted by molar-refractivity contribution is 5.52. The molecule has 106 valence electrons. The van der Waals surface area contributed by atoms with Gasteiger partial charge in [0.2, 0.25) is 0 Å². The number of fused-ring (bicyclic) bond motifs is 1. The maximum absolute atomic E-state index is 13.4. The summed E-state index contributed by atoms with van der Waals surface area (Å²) in [7, 11) is 0. The summed E-state index contributed by atoms with van der Waals surface area (Å²) in [4.78, 5) is 4.34. The highest BCUT2D eigenvalue weighted by Gasteiger charge is 2.08. The fraction of sp³-hybridized carbons (Fsp3) is 0.188. The monoisotopic (exact) mass is 282 g/mol. The van der Waals surface area contributed by atoms with Gasteiger partial charge in [-0.05, 0) is 56.2 Å². The van der Waals surface area contributed by atoms with Crippen molar-refractivity contribution in [2.75, 3.05) is 0 Å². The summed E-state index contributed by atoms with van der Waals surface area (Å²) in [6, 6.07) is 8.89. The number of hydrogen-bond acceptors (Lipinski definition) is 3. The van der Waals surface area contributed by atoms with Crippen LogP contribution in [0.15, 0.2) is 46.8 Å². The van der Waals surface area contributed by atoms with E-state index in [9.17, 15) is 4.39 Å². The molecule has 5 heteroatoms. The fourth-order valence-corrected chi connectivity index (χ4v) is 2.14. The van der Waals surface area contributed by atoms with E-state index >= 15 is 0 Å². The van der Waals surface area contributed by atoms with Gasteiger partial charge in [-0.3, -0.25) is 4.40 Å². The zero-order chi connectivity index (χ0) is 15.0. The Bertz CT molecular complexity index is 849. The molecule has 0 fully saturated rings. The number of aryl methyl sites for hydroxylation is 3. The van der Waals surface area contributed by atoms with Crippen molar-refractivity contribution in [1.29, 1.82) is 0 Å². The van der Waals surface area contributed by atoms with Gasteiger partial charge in [0.25, 0.3) is 0 Å². The summed E-state index contributed by atoms with van der Waals surface area (Å²) in [5.41, 5.74) is 4.51. The number of pyridine rings is 1. The van der Waals surface area contributed by atoms with Crippen molar-refractivity contribution in [3.8, 4) is 0 Å². The second kappa shape index (κ2) is 5.09. The minimum Gasteiger partial charge on any atom is -0.280 e. The molecule has 0 unspecified atom stereocenters. The lowest BCUT2D eigenvalue weighted by atomic mass is 10.1. The summed E-state index contributed by atoms with van der Waals surface area (Å²) in [6.07, 6.45) is 1.37. The topological polar surface area (TPSA) is 42.0 Å². The first kappa shape index (κ1) is 13.4. The first-order valence-electron chi connectivity index (χ1n) is 6.68. The highest BCUT2D eigenvalue weighted by atomic mass is 19.1. The van der Waals surface area contributed by atoms with E-state index in [1.54, 1.807) is 10.5 Å². The van der Waals surface area contributed by atoms with Crippen molar-refractivity contribution in [2.45, 2.75) is 20.8 Å². The Morgan fingerprint density at radius 1 is 1.00 bits per heavy atom. The Labute approximate surface area is 122 Å². The summed E-state index contributed by atoms with van der Waals surface area (Å²) < 4.78 is 15.0. The van der Waals surface area contributed by atoms with E-state index in [4.69, 9.17) is 0 Å². The van der Waals surface area contributed by atoms with Crippen LogP contribution in [0, 0.1) is 26.6 Å². The average Bonchev–Trinajstić information content (AvgIpc) is 2.75. The second-order valence-electron chi connectivity index (χ2n) is 5.06. The zero-order valence-corrected chi connectivity index (χ0v) is 12.1. The largest absolute Gasteiger partial charge is 0.280 e. The van der Waals surface area contributed by atoms with Crippen LogP contribution in [0.3, 0.4) is 0 Å². The molecular formula is C16H15FN4. The van der Waals surface area contributed by atoms with Crippen molar-refractivity contribution in [2.24, 2.45) is 10.2 Å². The van der Waals surface area contributed by atoms with Crippen LogP contribution in [0.1, 0.15) is 16.8 Å². The predicted octanol–water partition coefficient (Wildman–Crippen LogP) is 4.81. The average molecular weight is 282 g/mol. The number of halogens is 1. The van der Waals surface area contributed by atoms with Crippen molar-refractivity contribution >= 4 is 17.2 Å². The van der Waals surface area contributed by atoms with Crippen molar-refractivity contribution in [1.82, 2.24) is 9.38 Å². The molecule has 0 aliphatic heterocycles. The van der Waals surface area contributed by atoms with Crippen molar-refractivity contribution in [3.63, 3.8) is 0 Å². The van der Waals surface area contributed by atoms with Gasteiger partial charge in [0.15, 0.2) is 5.82 Å². The third kappa shape index (κ3) is 2.54. The van der Waals surface area contributed by atoms with Gasteiger partial charge >= 0.3 is 0 Å². The lowest BCUT2D eigenvalue weighted by molar-refractivity contribution is 0.619. The van der Waals surface area contributed by atoms with Crippen LogP contribution in [-0.4, -0.2) is 9.38 Å². The number of imidazole rings is 1. The summed E-state index contributed by atoms with van der Waals surface area (Å²) in [6.45, 7) is 5.91. The maximum Gasteiger partial charge on any atom is 0.182 e. The molecule has 1 aromatic carbocycles. The molecule has 0 spiro atoms. The third-order valence-electron chi connectivity index (χ3n) is 3.48. The van der Waals surface area contributed by atoms with Crippen LogP contribution < -0.4 is 0 Å². The molecule has 4 nitrogen and oxygen atoms in total. The molecule has 3 aromatic rings. The summed E-state index contributed by atoms with van der Waals surface area (Å²) in [5.74, 6) is 0.213. The van der Waals surface area contributed by atoms with Crippen LogP contribution in [0.4, 0.5) is 15.9 Å². The number of hydrogen-bond donors (Lipinski definition) is 0. The Morgan fingerprint density at radius 2 is 1.81 bits per heavy atom. The molecule has 2 aromatic heterocycles. The molecule has 0 saturated carbocycles. The van der Waals surface area contributed by atoms with Gasteiger partial charge in [0, 0.05) is 6.20 Å². The first-order valence-corrected chi connectivity index (χ1v) is 6.68. The van der Waals surface area contributed by atoms with Gasteiger partial charge in [0.05, 0.1) is 11.4 Å². The molecule has 0 radical (unpaired) electrons. The Balaban J connectivity index is 2.04. The highest BCUT2D eigenvalue weighted by Crippen LogP contribution is 2.24. The van der Waals surface area contributed by atoms with Crippen LogP contribution in [0.5, 0.6) is 0 Å². The molecule has 3 rings (SSSR count). The van der Waals surface area contributed by atoms with Crippen LogP contribution in [0.25, 0.3) is 5.65 Å². The Hall–Kier alpha value is -2.56. The lowest BCUT2D eigenvalue weighted by Crippen LogP contribution is -1.85. The molecule has 0 aliphatic carbocycles. The summed E-state index contributed by atoms with van der Waals surface area (Å²) >= 11 is 0. The van der Waals surface area contributed by atoms with Gasteiger partial charge in [-0.1, -0.05) is 6.07 Å². The quantitative estimate of drug-likeness (QED) is 0.622. The van der Waals surface area contributed by atoms with Crippen molar-refractivity contribution < 1.29 is 4.39 Å². The number of rotatable bonds is 2. The molecule has 0 saturated heterocycles. The predicted molar refractivity (Wildman–Crippen MR) is 80.0 cm³/mol. The standard InChI is InChI=1S/C16H15FN4/c1-10-4-6-14(8-11(10)2)19-20-16-12(3)18-15-7-5-13(17)9-21(15)16/h4-9H,1-3H3. The lowest BCUT2D eigenvalue weighted by Gasteiger charge is -2.00. The molecule has 0 N–H and O–H groups in total. The number of nitrogens with zero attached hydrogens (tertiary/aromatic N) is 4. The van der Waals surface area contributed by atoms with E-state index in [-0.39, 0.29) is 5.82 Å². The number of azo groups is 1. The van der Waals surface area contributed by atoms with Crippen LogP contribution in [0.2, 0.25) is 0 Å². The minimum absolute atomic E-state index is 0.331. The minimum atomic E-state index is -0.331. The SMILES string of the molecule is Cc1ccc(N=Nc2c(C)nc3ccc(F)cn23)cc1C. The van der Waals surface area contributed by atoms with Crippen molar-refractivity contribution in [3.05, 3.63) is 59.2 Å². The van der Waals surface area contributed by atoms with E-state index in [1.807, 2.05) is 39.0 Å². The molecule has 21 heavy (non-hydrogen) atoms. The van der Waals surface area contributed by atoms with Gasteiger partial charge in [-0.2, -0.15) is 0 Å². The van der Waals surface area contributed by atoms with Crippen LogP contribution in [-0.2, 0) is 0 Å². The number of benzene rings is 1. The maximum atomic E-state index is 13.4. The van der Waals surface area contributed by atoms with Gasteiger partial charge in [-0.25, -0.2) is 9.37 Å². The fourth-order valence-electron chi connectivity index (χ4n) is 2.14. The normalized spacial score (nSPS) is 11.6. The van der Waals surface area contributed by atoms with Gasteiger partial charge in [0.1, 0.15) is 11.5 Å². The smallest absolute Gasteiger partial charge is 0.182 e. The van der Waals surface area contributed by atoms with E-state index in [0.29, 0.717) is 17.2 Å². The molecule has 0 bridgehead atoms. The molecule has 0 atom stereocenters. The van der Waals surface area contributed by atoms with Gasteiger partial charge < -0.3 is 0 Å². The van der Waals surface area contributed by atoms with Gasteiger partial charge in [-0.15, -0.1) is 10.2 Å². The summed E-state index contributed by atoms with van der Waals surface area (Å²) in [5, 5.41) is 8.47. The molecule has 0 amide bonds. The molecule has 2 heterocycles. The second-order valence-corrected chi connectivity index (χ2v) is 5.06. The van der Waals surface area contributed by atoms with E-state index in [1.165, 1.54) is 17.8 Å². The third-order valence-corrected chi connectivity index (χ3v) is 3.48. The van der Waals surface area contributed by atoms with E-state index in [0.717, 1.165) is 11.3 Å². The van der Waals surface area contributed by atoms with E-state index < -0.39 is 0 Å². The Morgan fingerprint density at radius 3 is 2.57 bits per heavy atom. The molecular weight excluding hydrogens is 267 g/mol. The molecule has 0 aliphatic rings. The number of aromatic nitrogens is 2. The van der Waals surface area contributed by atoms with Crippen LogP contribution >= 0.6 is 0 Å². The van der Waals surface area contributed by atoms with E-state index in [2.05, 4.69) is 15.2 Å². The zero-order valence-electron chi connectivity index (χ0n) is 12.1.